The fourth-order valence-corrected chi connectivity index (χ4v) is 3.06. The van der Waals surface area contributed by atoms with E-state index in [1.807, 2.05) is 12.1 Å². The highest BCUT2D eigenvalue weighted by Crippen LogP contribution is 2.37. The van der Waals surface area contributed by atoms with Gasteiger partial charge in [-0.05, 0) is 28.8 Å². The summed E-state index contributed by atoms with van der Waals surface area (Å²) in [7, 11) is 2.88. The van der Waals surface area contributed by atoms with Crippen molar-refractivity contribution in [2.24, 2.45) is 0 Å². The molecular weight excluding hydrogens is 304 g/mol. The first-order valence-corrected chi connectivity index (χ1v) is 7.86. The van der Waals surface area contributed by atoms with Gasteiger partial charge in [0.1, 0.15) is 0 Å². The molecule has 0 radical (unpaired) electrons. The van der Waals surface area contributed by atoms with Crippen LogP contribution in [0.2, 0.25) is 0 Å². The predicted octanol–water partition coefficient (Wildman–Crippen LogP) is 4.28. The molecule has 0 aromatic heterocycles. The van der Waals surface area contributed by atoms with Crippen molar-refractivity contribution in [3.05, 3.63) is 71.4 Å². The minimum absolute atomic E-state index is 0.0986. The van der Waals surface area contributed by atoms with E-state index in [1.165, 1.54) is 23.4 Å². The summed E-state index contributed by atoms with van der Waals surface area (Å²) in [5.41, 5.74) is 2.21. The van der Waals surface area contributed by atoms with Gasteiger partial charge in [-0.15, -0.1) is 0 Å². The Labute approximate surface area is 141 Å². The second-order valence-electron chi connectivity index (χ2n) is 5.67. The van der Waals surface area contributed by atoms with Crippen molar-refractivity contribution in [2.45, 2.75) is 19.3 Å². The lowest BCUT2D eigenvalue weighted by molar-refractivity contribution is -0.140. The van der Waals surface area contributed by atoms with Crippen LogP contribution in [-0.4, -0.2) is 20.2 Å². The van der Waals surface area contributed by atoms with E-state index in [4.69, 9.17) is 14.2 Å². The molecule has 24 heavy (non-hydrogen) atoms. The summed E-state index contributed by atoms with van der Waals surface area (Å²) < 4.78 is 15.7. The number of carbonyl (C=O) groups excluding carboxylic acids is 1. The van der Waals surface area contributed by atoms with Crippen molar-refractivity contribution in [3.8, 4) is 0 Å². The molecular formula is C20H20O4. The summed E-state index contributed by atoms with van der Waals surface area (Å²) in [5.74, 6) is 0.143. The summed E-state index contributed by atoms with van der Waals surface area (Å²) in [6, 6.07) is 14.6. The summed E-state index contributed by atoms with van der Waals surface area (Å²) >= 11 is 0. The van der Waals surface area contributed by atoms with Crippen LogP contribution in [0.5, 0.6) is 0 Å². The van der Waals surface area contributed by atoms with Gasteiger partial charge in [-0.3, -0.25) is 0 Å². The summed E-state index contributed by atoms with van der Waals surface area (Å²) in [5, 5.41) is 2.40. The standard InChI is InChI=1S/C20H20O4/c1-13(15-10-6-8-14-7-4-5-9-17(14)15)16-11-12-18(19(21)22-2)24-20(16)23-3/h4-10,12-13H,11H2,1-3H3. The molecule has 0 aliphatic carbocycles. The van der Waals surface area contributed by atoms with E-state index >= 15 is 0 Å². The molecule has 0 bridgehead atoms. The molecule has 3 rings (SSSR count). The van der Waals surface area contributed by atoms with Crippen molar-refractivity contribution < 1.29 is 19.0 Å². The molecule has 4 nitrogen and oxygen atoms in total. The second kappa shape index (κ2) is 6.79. The molecule has 1 atom stereocenters. The van der Waals surface area contributed by atoms with Crippen molar-refractivity contribution in [2.75, 3.05) is 14.2 Å². The van der Waals surface area contributed by atoms with Gasteiger partial charge < -0.3 is 14.2 Å². The van der Waals surface area contributed by atoms with Crippen LogP contribution in [0, 0.1) is 0 Å². The van der Waals surface area contributed by atoms with Crippen LogP contribution < -0.4 is 0 Å². The number of esters is 1. The Kier molecular flexibility index (Phi) is 4.56. The van der Waals surface area contributed by atoms with Gasteiger partial charge in [-0.1, -0.05) is 49.4 Å². The minimum atomic E-state index is -0.499. The number of ether oxygens (including phenoxy) is 3. The van der Waals surface area contributed by atoms with Gasteiger partial charge in [0.15, 0.2) is 0 Å². The third kappa shape index (κ3) is 2.87. The van der Waals surface area contributed by atoms with Crippen molar-refractivity contribution in [3.63, 3.8) is 0 Å². The molecule has 1 heterocycles. The van der Waals surface area contributed by atoms with Gasteiger partial charge in [-0.25, -0.2) is 4.79 Å². The maximum atomic E-state index is 11.7. The van der Waals surface area contributed by atoms with Crippen molar-refractivity contribution in [1.82, 2.24) is 0 Å². The highest BCUT2D eigenvalue weighted by atomic mass is 16.7. The number of hydrogen-bond donors (Lipinski definition) is 0. The Morgan fingerprint density at radius 1 is 1.12 bits per heavy atom. The first-order chi connectivity index (χ1) is 11.7. The Bertz CT molecular complexity index is 827. The molecule has 1 aliphatic heterocycles. The summed E-state index contributed by atoms with van der Waals surface area (Å²) in [6.45, 7) is 2.12. The number of carbonyl (C=O) groups is 1. The Balaban J connectivity index is 1.98. The fraction of sp³-hybridized carbons (Fsp3) is 0.250. The molecule has 4 heteroatoms. The Morgan fingerprint density at radius 2 is 1.88 bits per heavy atom. The van der Waals surface area contributed by atoms with E-state index < -0.39 is 5.97 Å². The topological polar surface area (TPSA) is 44.8 Å². The second-order valence-corrected chi connectivity index (χ2v) is 5.67. The monoisotopic (exact) mass is 324 g/mol. The normalized spacial score (nSPS) is 15.5. The summed E-state index contributed by atoms with van der Waals surface area (Å²) in [6.07, 6.45) is 2.32. The number of benzene rings is 2. The van der Waals surface area contributed by atoms with Crippen LogP contribution in [0.4, 0.5) is 0 Å². The van der Waals surface area contributed by atoms with Gasteiger partial charge >= 0.3 is 5.97 Å². The Hall–Kier alpha value is -2.75. The lowest BCUT2D eigenvalue weighted by Gasteiger charge is -2.24. The molecule has 1 aliphatic rings. The molecule has 2 aromatic carbocycles. The molecule has 0 fully saturated rings. The largest absolute Gasteiger partial charge is 0.468 e. The van der Waals surface area contributed by atoms with E-state index in [9.17, 15) is 4.79 Å². The van der Waals surface area contributed by atoms with Crippen LogP contribution in [0.25, 0.3) is 10.8 Å². The molecule has 0 N–H and O–H groups in total. The number of hydrogen-bond acceptors (Lipinski definition) is 4. The molecule has 0 amide bonds. The highest BCUT2D eigenvalue weighted by molar-refractivity contribution is 5.87. The summed E-state index contributed by atoms with van der Waals surface area (Å²) in [4.78, 5) is 11.7. The van der Waals surface area contributed by atoms with Gasteiger partial charge in [0.2, 0.25) is 5.76 Å². The first kappa shape index (κ1) is 16.1. The highest BCUT2D eigenvalue weighted by Gasteiger charge is 2.26. The van der Waals surface area contributed by atoms with Crippen LogP contribution in [0.15, 0.2) is 65.8 Å². The van der Waals surface area contributed by atoms with Crippen molar-refractivity contribution in [1.29, 1.82) is 0 Å². The molecule has 0 saturated carbocycles. The molecule has 124 valence electrons. The average molecular weight is 324 g/mol. The quantitative estimate of drug-likeness (QED) is 0.788. The van der Waals surface area contributed by atoms with Gasteiger partial charge in [-0.2, -0.15) is 0 Å². The predicted molar refractivity (Wildman–Crippen MR) is 92.2 cm³/mol. The molecule has 0 spiro atoms. The van der Waals surface area contributed by atoms with E-state index in [0.717, 1.165) is 5.57 Å². The lowest BCUT2D eigenvalue weighted by Crippen LogP contribution is -2.16. The van der Waals surface area contributed by atoms with Crippen LogP contribution in [0.1, 0.15) is 24.8 Å². The zero-order valence-electron chi connectivity index (χ0n) is 14.0. The number of allylic oxidation sites excluding steroid dienone is 2. The van der Waals surface area contributed by atoms with E-state index in [-0.39, 0.29) is 11.7 Å². The van der Waals surface area contributed by atoms with Gasteiger partial charge in [0.05, 0.1) is 14.2 Å². The molecule has 2 aromatic rings. The van der Waals surface area contributed by atoms with E-state index in [2.05, 4.69) is 37.3 Å². The Morgan fingerprint density at radius 3 is 2.62 bits per heavy atom. The maximum Gasteiger partial charge on any atom is 0.373 e. The molecule has 0 saturated heterocycles. The minimum Gasteiger partial charge on any atom is -0.468 e. The van der Waals surface area contributed by atoms with E-state index in [0.29, 0.717) is 12.4 Å². The van der Waals surface area contributed by atoms with Crippen LogP contribution in [0.3, 0.4) is 0 Å². The van der Waals surface area contributed by atoms with E-state index in [1.54, 1.807) is 13.2 Å². The first-order valence-electron chi connectivity index (χ1n) is 7.86. The van der Waals surface area contributed by atoms with Gasteiger partial charge in [0.25, 0.3) is 5.95 Å². The average Bonchev–Trinajstić information content (AvgIpc) is 2.65. The van der Waals surface area contributed by atoms with Crippen LogP contribution >= 0.6 is 0 Å². The number of rotatable bonds is 4. The third-order valence-electron chi connectivity index (χ3n) is 4.36. The van der Waals surface area contributed by atoms with Gasteiger partial charge in [0, 0.05) is 11.5 Å². The van der Waals surface area contributed by atoms with Crippen LogP contribution in [-0.2, 0) is 19.0 Å². The fourth-order valence-electron chi connectivity index (χ4n) is 3.06. The SMILES string of the molecule is COC(=O)C1=CCC(C(C)c2cccc3ccccc23)=C(OC)O1. The zero-order valence-corrected chi connectivity index (χ0v) is 14.0. The zero-order chi connectivity index (χ0) is 17.1. The third-order valence-corrected chi connectivity index (χ3v) is 4.36. The maximum absolute atomic E-state index is 11.7. The smallest absolute Gasteiger partial charge is 0.373 e. The number of methoxy groups -OCH3 is 2. The number of fused-ring (bicyclic) bond motifs is 1. The lowest BCUT2D eigenvalue weighted by atomic mass is 9.87. The van der Waals surface area contributed by atoms with Crippen molar-refractivity contribution >= 4 is 16.7 Å². The molecule has 1 unspecified atom stereocenters.